The summed E-state index contributed by atoms with van der Waals surface area (Å²) in [5.74, 6) is -0.0631. The van der Waals surface area contributed by atoms with Crippen molar-refractivity contribution in [2.45, 2.75) is 32.2 Å². The van der Waals surface area contributed by atoms with Gasteiger partial charge in [-0.2, -0.15) is 0 Å². The number of aliphatic hydroxyl groups excluding tert-OH is 1. The maximum Gasteiger partial charge on any atom is 0.251 e. The Labute approximate surface area is 107 Å². The highest BCUT2D eigenvalue weighted by Crippen LogP contribution is 2.23. The molecule has 1 atom stereocenters. The van der Waals surface area contributed by atoms with Gasteiger partial charge in [-0.3, -0.25) is 4.79 Å². The van der Waals surface area contributed by atoms with Gasteiger partial charge in [0.1, 0.15) is 0 Å². The molecule has 18 heavy (non-hydrogen) atoms. The second kappa shape index (κ2) is 5.87. The van der Waals surface area contributed by atoms with Gasteiger partial charge in [0, 0.05) is 30.4 Å². The fourth-order valence-corrected chi connectivity index (χ4v) is 2.24. The van der Waals surface area contributed by atoms with Gasteiger partial charge in [0.05, 0.1) is 0 Å². The van der Waals surface area contributed by atoms with Gasteiger partial charge in [0.25, 0.3) is 5.91 Å². The summed E-state index contributed by atoms with van der Waals surface area (Å²) >= 11 is 0. The fraction of sp³-hybridized carbons (Fsp3) is 0.500. The Morgan fingerprint density at radius 1 is 1.56 bits per heavy atom. The third kappa shape index (κ3) is 2.82. The van der Waals surface area contributed by atoms with Gasteiger partial charge in [-0.1, -0.05) is 13.0 Å². The summed E-state index contributed by atoms with van der Waals surface area (Å²) in [5.41, 5.74) is 3.02. The molecule has 0 fully saturated rings. The van der Waals surface area contributed by atoms with Gasteiger partial charge in [-0.05, 0) is 37.0 Å². The fourth-order valence-electron chi connectivity index (χ4n) is 2.24. The van der Waals surface area contributed by atoms with E-state index in [1.165, 1.54) is 5.56 Å². The van der Waals surface area contributed by atoms with E-state index in [1.807, 2.05) is 25.1 Å². The lowest BCUT2D eigenvalue weighted by Crippen LogP contribution is -2.35. The highest BCUT2D eigenvalue weighted by molar-refractivity contribution is 5.95. The van der Waals surface area contributed by atoms with Gasteiger partial charge in [-0.15, -0.1) is 0 Å². The van der Waals surface area contributed by atoms with Crippen LogP contribution in [-0.2, 0) is 6.42 Å². The Bertz CT molecular complexity index is 432. The molecule has 0 saturated carbocycles. The normalized spacial score (nSPS) is 14.8. The van der Waals surface area contributed by atoms with Crippen LogP contribution in [0.2, 0.25) is 0 Å². The molecule has 0 spiro atoms. The average Bonchev–Trinajstić information content (AvgIpc) is 2.85. The van der Waals surface area contributed by atoms with Crippen LogP contribution in [-0.4, -0.2) is 30.2 Å². The van der Waals surface area contributed by atoms with Crippen molar-refractivity contribution < 1.29 is 9.90 Å². The van der Waals surface area contributed by atoms with Crippen LogP contribution in [0, 0.1) is 0 Å². The summed E-state index contributed by atoms with van der Waals surface area (Å²) in [6.07, 6.45) is 2.46. The lowest BCUT2D eigenvalue weighted by atomic mass is 10.1. The van der Waals surface area contributed by atoms with Crippen LogP contribution in [0.15, 0.2) is 18.2 Å². The second-order valence-corrected chi connectivity index (χ2v) is 4.64. The summed E-state index contributed by atoms with van der Waals surface area (Å²) < 4.78 is 0. The molecule has 1 amide bonds. The van der Waals surface area contributed by atoms with Crippen LogP contribution in [0.4, 0.5) is 5.69 Å². The molecule has 0 aliphatic carbocycles. The van der Waals surface area contributed by atoms with Crippen molar-refractivity contribution in [1.29, 1.82) is 0 Å². The van der Waals surface area contributed by atoms with Crippen molar-refractivity contribution in [3.8, 4) is 0 Å². The number of benzene rings is 1. The van der Waals surface area contributed by atoms with Crippen LogP contribution in [0.25, 0.3) is 0 Å². The molecule has 1 aromatic rings. The molecule has 1 aliphatic rings. The Kier molecular flexibility index (Phi) is 4.20. The highest BCUT2D eigenvalue weighted by atomic mass is 16.3. The quantitative estimate of drug-likeness (QED) is 0.741. The number of amides is 1. The molecule has 0 aromatic heterocycles. The summed E-state index contributed by atoms with van der Waals surface area (Å²) in [4.78, 5) is 12.1. The van der Waals surface area contributed by atoms with Gasteiger partial charge < -0.3 is 15.7 Å². The van der Waals surface area contributed by atoms with Crippen molar-refractivity contribution in [2.75, 3.05) is 18.5 Å². The summed E-state index contributed by atoms with van der Waals surface area (Å²) in [6.45, 7) is 3.05. The molecular weight excluding hydrogens is 228 g/mol. The van der Waals surface area contributed by atoms with Crippen molar-refractivity contribution in [1.82, 2.24) is 5.32 Å². The number of aliphatic hydroxyl groups is 1. The van der Waals surface area contributed by atoms with E-state index in [9.17, 15) is 4.79 Å². The zero-order chi connectivity index (χ0) is 13.0. The van der Waals surface area contributed by atoms with E-state index < -0.39 is 0 Å². The topological polar surface area (TPSA) is 61.4 Å². The van der Waals surface area contributed by atoms with E-state index in [-0.39, 0.29) is 18.6 Å². The maximum atomic E-state index is 12.1. The van der Waals surface area contributed by atoms with Gasteiger partial charge in [-0.25, -0.2) is 0 Å². The predicted octanol–water partition coefficient (Wildman–Crippen LogP) is 1.55. The van der Waals surface area contributed by atoms with Crippen molar-refractivity contribution >= 4 is 11.6 Å². The molecule has 1 aromatic carbocycles. The van der Waals surface area contributed by atoms with Crippen molar-refractivity contribution in [3.63, 3.8) is 0 Å². The molecule has 98 valence electrons. The molecule has 0 radical (unpaired) electrons. The minimum Gasteiger partial charge on any atom is -0.396 e. The molecule has 4 nitrogen and oxygen atoms in total. The van der Waals surface area contributed by atoms with Crippen LogP contribution in [0.3, 0.4) is 0 Å². The second-order valence-electron chi connectivity index (χ2n) is 4.64. The Morgan fingerprint density at radius 2 is 2.39 bits per heavy atom. The average molecular weight is 248 g/mol. The lowest BCUT2D eigenvalue weighted by molar-refractivity contribution is 0.0929. The van der Waals surface area contributed by atoms with E-state index in [2.05, 4.69) is 10.6 Å². The first kappa shape index (κ1) is 12.9. The Morgan fingerprint density at radius 3 is 3.11 bits per heavy atom. The van der Waals surface area contributed by atoms with Gasteiger partial charge in [0.2, 0.25) is 0 Å². The zero-order valence-corrected chi connectivity index (χ0v) is 10.7. The van der Waals surface area contributed by atoms with Crippen LogP contribution in [0.5, 0.6) is 0 Å². The third-order valence-electron chi connectivity index (χ3n) is 3.39. The molecule has 3 N–H and O–H groups in total. The van der Waals surface area contributed by atoms with E-state index in [1.54, 1.807) is 0 Å². The minimum atomic E-state index is -0.0631. The highest BCUT2D eigenvalue weighted by Gasteiger charge is 2.15. The number of anilines is 1. The third-order valence-corrected chi connectivity index (χ3v) is 3.39. The predicted molar refractivity (Wildman–Crippen MR) is 71.9 cm³/mol. The van der Waals surface area contributed by atoms with E-state index in [4.69, 9.17) is 5.11 Å². The SMILES string of the molecule is CCC(CCO)NC(=O)c1ccc2c(c1)NCC2. The molecule has 1 aliphatic heterocycles. The first-order valence-electron chi connectivity index (χ1n) is 6.53. The van der Waals surface area contributed by atoms with E-state index >= 15 is 0 Å². The number of hydrogen-bond acceptors (Lipinski definition) is 3. The van der Waals surface area contributed by atoms with Gasteiger partial charge in [0.15, 0.2) is 0 Å². The number of nitrogens with one attached hydrogen (secondary N) is 2. The summed E-state index contributed by atoms with van der Waals surface area (Å²) in [6, 6.07) is 5.83. The number of rotatable bonds is 5. The van der Waals surface area contributed by atoms with E-state index in [0.717, 1.165) is 25.1 Å². The smallest absolute Gasteiger partial charge is 0.251 e. The van der Waals surface area contributed by atoms with Gasteiger partial charge >= 0.3 is 0 Å². The number of fused-ring (bicyclic) bond motifs is 1. The molecular formula is C14H20N2O2. The Hall–Kier alpha value is -1.55. The molecule has 1 unspecified atom stereocenters. The largest absolute Gasteiger partial charge is 0.396 e. The number of carbonyl (C=O) groups excluding carboxylic acids is 1. The standard InChI is InChI=1S/C14H20N2O2/c1-2-12(6-8-17)16-14(18)11-4-3-10-5-7-15-13(10)9-11/h3-4,9,12,15,17H,2,5-8H2,1H3,(H,16,18). The first-order valence-corrected chi connectivity index (χ1v) is 6.53. The first-order chi connectivity index (χ1) is 8.74. The molecule has 2 rings (SSSR count). The number of carbonyl (C=O) groups is 1. The maximum absolute atomic E-state index is 12.1. The van der Waals surface area contributed by atoms with Crippen molar-refractivity contribution in [2.24, 2.45) is 0 Å². The molecule has 0 saturated heterocycles. The molecule has 4 heteroatoms. The Balaban J connectivity index is 2.04. The molecule has 1 heterocycles. The van der Waals surface area contributed by atoms with Crippen LogP contribution >= 0.6 is 0 Å². The van der Waals surface area contributed by atoms with Crippen molar-refractivity contribution in [3.05, 3.63) is 29.3 Å². The number of hydrogen-bond donors (Lipinski definition) is 3. The van der Waals surface area contributed by atoms with Crippen LogP contribution < -0.4 is 10.6 Å². The van der Waals surface area contributed by atoms with E-state index in [0.29, 0.717) is 12.0 Å². The minimum absolute atomic E-state index is 0.0451. The monoisotopic (exact) mass is 248 g/mol. The summed E-state index contributed by atoms with van der Waals surface area (Å²) in [5, 5.41) is 15.1. The molecule has 0 bridgehead atoms. The zero-order valence-electron chi connectivity index (χ0n) is 10.7. The lowest BCUT2D eigenvalue weighted by Gasteiger charge is -2.16. The van der Waals surface area contributed by atoms with Crippen LogP contribution in [0.1, 0.15) is 35.7 Å². The summed E-state index contributed by atoms with van der Waals surface area (Å²) in [7, 11) is 0.